The minimum absolute atomic E-state index is 0.0143. The van der Waals surface area contributed by atoms with Crippen molar-refractivity contribution in [3.8, 4) is 5.88 Å². The summed E-state index contributed by atoms with van der Waals surface area (Å²) in [4.78, 5) is 4.20. The summed E-state index contributed by atoms with van der Waals surface area (Å²) < 4.78 is 11.0. The second kappa shape index (κ2) is 6.45. The van der Waals surface area contributed by atoms with Crippen molar-refractivity contribution in [3.63, 3.8) is 0 Å². The normalized spacial score (nSPS) is 12.5. The number of rotatable bonds is 6. The third-order valence-electron chi connectivity index (χ3n) is 2.32. The highest BCUT2D eigenvalue weighted by Gasteiger charge is 2.10. The maximum atomic E-state index is 5.70. The van der Waals surface area contributed by atoms with E-state index in [1.54, 1.807) is 6.20 Å². The number of aromatic nitrogens is 1. The maximum Gasteiger partial charge on any atom is 0.218 e. The molecule has 0 fully saturated rings. The summed E-state index contributed by atoms with van der Waals surface area (Å²) in [5.41, 5.74) is 7.75. The minimum atomic E-state index is -0.0143. The lowest BCUT2D eigenvalue weighted by molar-refractivity contribution is 0.0628. The van der Waals surface area contributed by atoms with Crippen molar-refractivity contribution in [3.05, 3.63) is 23.4 Å². The van der Waals surface area contributed by atoms with Crippen LogP contribution in [0.1, 0.15) is 25.0 Å². The molecule has 90 valence electrons. The van der Waals surface area contributed by atoms with Crippen molar-refractivity contribution < 1.29 is 9.47 Å². The van der Waals surface area contributed by atoms with Crippen LogP contribution in [0.15, 0.2) is 12.3 Å². The Morgan fingerprint density at radius 3 is 2.88 bits per heavy atom. The molecule has 1 unspecified atom stereocenters. The summed E-state index contributed by atoms with van der Waals surface area (Å²) in [6, 6.07) is 1.93. The van der Waals surface area contributed by atoms with Gasteiger partial charge in [-0.05, 0) is 32.4 Å². The number of pyridine rings is 1. The minimum Gasteiger partial charge on any atom is -0.472 e. The molecule has 0 aliphatic rings. The largest absolute Gasteiger partial charge is 0.472 e. The van der Waals surface area contributed by atoms with Crippen molar-refractivity contribution in [2.24, 2.45) is 5.73 Å². The molecule has 4 nitrogen and oxygen atoms in total. The highest BCUT2D eigenvalue weighted by Crippen LogP contribution is 2.19. The van der Waals surface area contributed by atoms with Gasteiger partial charge in [-0.3, -0.25) is 0 Å². The van der Waals surface area contributed by atoms with Crippen molar-refractivity contribution >= 4 is 0 Å². The Labute approximate surface area is 96.8 Å². The lowest BCUT2D eigenvalue weighted by Gasteiger charge is -2.16. The Balaban J connectivity index is 2.69. The Morgan fingerprint density at radius 2 is 2.25 bits per heavy atom. The van der Waals surface area contributed by atoms with Gasteiger partial charge in [0.05, 0.1) is 6.61 Å². The predicted molar refractivity (Wildman–Crippen MR) is 63.4 cm³/mol. The lowest BCUT2D eigenvalue weighted by Crippen LogP contribution is -2.21. The van der Waals surface area contributed by atoms with E-state index in [0.29, 0.717) is 25.6 Å². The molecule has 0 aliphatic heterocycles. The van der Waals surface area contributed by atoms with Crippen molar-refractivity contribution in [1.29, 1.82) is 0 Å². The van der Waals surface area contributed by atoms with E-state index in [4.69, 9.17) is 15.2 Å². The van der Waals surface area contributed by atoms with Gasteiger partial charge in [-0.25, -0.2) is 4.98 Å². The Morgan fingerprint density at radius 1 is 1.50 bits per heavy atom. The molecule has 0 amide bonds. The fraction of sp³-hybridized carbons (Fsp3) is 0.583. The van der Waals surface area contributed by atoms with Gasteiger partial charge >= 0.3 is 0 Å². The van der Waals surface area contributed by atoms with E-state index in [9.17, 15) is 0 Å². The van der Waals surface area contributed by atoms with Crippen LogP contribution in [0.5, 0.6) is 5.88 Å². The van der Waals surface area contributed by atoms with Gasteiger partial charge < -0.3 is 15.2 Å². The number of nitrogens with two attached hydrogens (primary N) is 1. The summed E-state index contributed by atoms with van der Waals surface area (Å²) >= 11 is 0. The molecule has 0 aromatic carbocycles. The number of aryl methyl sites for hydroxylation is 1. The SMILES string of the molecule is CCOCC(C)Oc1nccc(C)c1CN. The molecule has 1 aromatic rings. The van der Waals surface area contributed by atoms with Crippen LogP contribution < -0.4 is 10.5 Å². The van der Waals surface area contributed by atoms with Crippen LogP contribution in [0, 0.1) is 6.92 Å². The molecule has 16 heavy (non-hydrogen) atoms. The van der Waals surface area contributed by atoms with Gasteiger partial charge in [-0.15, -0.1) is 0 Å². The van der Waals surface area contributed by atoms with Crippen LogP contribution in [0.4, 0.5) is 0 Å². The van der Waals surface area contributed by atoms with E-state index in [2.05, 4.69) is 4.98 Å². The highest BCUT2D eigenvalue weighted by atomic mass is 16.5. The quantitative estimate of drug-likeness (QED) is 0.798. The molecule has 1 rings (SSSR count). The van der Waals surface area contributed by atoms with Gasteiger partial charge in [0.25, 0.3) is 0 Å². The first kappa shape index (κ1) is 12.9. The second-order valence-electron chi connectivity index (χ2n) is 3.70. The summed E-state index contributed by atoms with van der Waals surface area (Å²) in [5.74, 6) is 0.620. The zero-order valence-corrected chi connectivity index (χ0v) is 10.2. The van der Waals surface area contributed by atoms with E-state index in [-0.39, 0.29) is 6.10 Å². The summed E-state index contributed by atoms with van der Waals surface area (Å²) in [6.45, 7) is 7.62. The molecular weight excluding hydrogens is 204 g/mol. The third-order valence-corrected chi connectivity index (χ3v) is 2.32. The predicted octanol–water partition coefficient (Wildman–Crippen LogP) is 1.65. The maximum absolute atomic E-state index is 5.70. The van der Waals surface area contributed by atoms with Crippen LogP contribution in [0.3, 0.4) is 0 Å². The molecule has 4 heteroatoms. The molecule has 0 spiro atoms. The third kappa shape index (κ3) is 3.47. The molecule has 0 bridgehead atoms. The Kier molecular flexibility index (Phi) is 5.22. The van der Waals surface area contributed by atoms with Crippen LogP contribution >= 0.6 is 0 Å². The smallest absolute Gasteiger partial charge is 0.218 e. The fourth-order valence-electron chi connectivity index (χ4n) is 1.42. The zero-order chi connectivity index (χ0) is 12.0. The van der Waals surface area contributed by atoms with Gasteiger partial charge in [0, 0.05) is 24.9 Å². The first-order chi connectivity index (χ1) is 7.69. The number of ether oxygens (including phenoxy) is 2. The van der Waals surface area contributed by atoms with Crippen molar-refractivity contribution in [2.45, 2.75) is 33.4 Å². The molecule has 1 heterocycles. The highest BCUT2D eigenvalue weighted by molar-refractivity contribution is 5.33. The van der Waals surface area contributed by atoms with Crippen LogP contribution in [-0.2, 0) is 11.3 Å². The van der Waals surface area contributed by atoms with Gasteiger partial charge in [-0.2, -0.15) is 0 Å². The van der Waals surface area contributed by atoms with Gasteiger partial charge in [0.1, 0.15) is 6.10 Å². The number of nitrogens with zero attached hydrogens (tertiary/aromatic N) is 1. The molecule has 0 saturated heterocycles. The average molecular weight is 224 g/mol. The number of hydrogen-bond donors (Lipinski definition) is 1. The van der Waals surface area contributed by atoms with E-state index < -0.39 is 0 Å². The topological polar surface area (TPSA) is 57.4 Å². The van der Waals surface area contributed by atoms with Gasteiger partial charge in [-0.1, -0.05) is 0 Å². The average Bonchev–Trinajstić information content (AvgIpc) is 2.27. The van der Waals surface area contributed by atoms with Gasteiger partial charge in [0.2, 0.25) is 5.88 Å². The molecule has 2 N–H and O–H groups in total. The molecular formula is C12H20N2O2. The van der Waals surface area contributed by atoms with E-state index in [1.165, 1.54) is 0 Å². The number of hydrogen-bond acceptors (Lipinski definition) is 4. The van der Waals surface area contributed by atoms with E-state index in [0.717, 1.165) is 11.1 Å². The monoisotopic (exact) mass is 224 g/mol. The Bertz CT molecular complexity index is 329. The molecule has 0 saturated carbocycles. The molecule has 0 aliphatic carbocycles. The van der Waals surface area contributed by atoms with Crippen LogP contribution in [0.25, 0.3) is 0 Å². The van der Waals surface area contributed by atoms with E-state index >= 15 is 0 Å². The van der Waals surface area contributed by atoms with Crippen LogP contribution in [0.2, 0.25) is 0 Å². The van der Waals surface area contributed by atoms with Crippen molar-refractivity contribution in [1.82, 2.24) is 4.98 Å². The Hall–Kier alpha value is -1.13. The fourth-order valence-corrected chi connectivity index (χ4v) is 1.42. The van der Waals surface area contributed by atoms with Crippen molar-refractivity contribution in [2.75, 3.05) is 13.2 Å². The summed E-state index contributed by atoms with van der Waals surface area (Å²) in [5, 5.41) is 0. The molecule has 1 atom stereocenters. The molecule has 1 aromatic heterocycles. The summed E-state index contributed by atoms with van der Waals surface area (Å²) in [7, 11) is 0. The standard InChI is InChI=1S/C12H20N2O2/c1-4-15-8-10(3)16-12-11(7-13)9(2)5-6-14-12/h5-6,10H,4,7-8,13H2,1-3H3. The zero-order valence-electron chi connectivity index (χ0n) is 10.2. The lowest BCUT2D eigenvalue weighted by atomic mass is 10.1. The molecule has 0 radical (unpaired) electrons. The van der Waals surface area contributed by atoms with Crippen LogP contribution in [-0.4, -0.2) is 24.3 Å². The van der Waals surface area contributed by atoms with E-state index in [1.807, 2.05) is 26.8 Å². The van der Waals surface area contributed by atoms with Gasteiger partial charge in [0.15, 0.2) is 0 Å². The first-order valence-electron chi connectivity index (χ1n) is 5.58. The first-order valence-corrected chi connectivity index (χ1v) is 5.58. The summed E-state index contributed by atoms with van der Waals surface area (Å²) in [6.07, 6.45) is 1.72. The second-order valence-corrected chi connectivity index (χ2v) is 3.70.